The Hall–Kier alpha value is -0.0800. The van der Waals surface area contributed by atoms with Gasteiger partial charge in [-0.25, -0.2) is 4.98 Å². The second kappa shape index (κ2) is 3.35. The molecule has 0 bridgehead atoms. The van der Waals surface area contributed by atoms with Gasteiger partial charge < -0.3 is 0 Å². The number of hydrogen-bond acceptors (Lipinski definition) is 1. The highest BCUT2D eigenvalue weighted by atomic mass is 79.9. The van der Waals surface area contributed by atoms with Crippen molar-refractivity contribution in [1.29, 1.82) is 0 Å². The van der Waals surface area contributed by atoms with Crippen LogP contribution in [0, 0.1) is 0 Å². The van der Waals surface area contributed by atoms with Crippen molar-refractivity contribution in [3.8, 4) is 0 Å². The first-order chi connectivity index (χ1) is 4.70. The summed E-state index contributed by atoms with van der Waals surface area (Å²) in [6.45, 7) is 2.01. The highest BCUT2D eigenvalue weighted by Gasteiger charge is 2.00. The summed E-state index contributed by atoms with van der Waals surface area (Å²) >= 11 is 9.05. The van der Waals surface area contributed by atoms with Crippen LogP contribution in [-0.4, -0.2) is 4.98 Å². The van der Waals surface area contributed by atoms with Crippen molar-refractivity contribution in [3.05, 3.63) is 29.0 Å². The molecule has 1 nitrogen and oxygen atoms in total. The van der Waals surface area contributed by atoms with Crippen molar-refractivity contribution in [3.63, 3.8) is 0 Å². The van der Waals surface area contributed by atoms with Gasteiger partial charge in [-0.3, -0.25) is 0 Å². The zero-order valence-corrected chi connectivity index (χ0v) is 7.85. The average Bonchev–Trinajstić information content (AvgIpc) is 1.88. The van der Waals surface area contributed by atoms with Crippen LogP contribution in [-0.2, 0) is 0 Å². The average molecular weight is 220 g/mol. The van der Waals surface area contributed by atoms with Gasteiger partial charge in [-0.05, 0) is 19.1 Å². The molecule has 0 aliphatic heterocycles. The van der Waals surface area contributed by atoms with Crippen LogP contribution in [0.15, 0.2) is 18.2 Å². The highest BCUT2D eigenvalue weighted by molar-refractivity contribution is 9.09. The Balaban J connectivity index is 2.96. The van der Waals surface area contributed by atoms with Crippen LogP contribution >= 0.6 is 27.5 Å². The van der Waals surface area contributed by atoms with E-state index in [0.29, 0.717) is 5.15 Å². The van der Waals surface area contributed by atoms with E-state index in [4.69, 9.17) is 11.6 Å². The molecule has 0 N–H and O–H groups in total. The molecule has 54 valence electrons. The lowest BCUT2D eigenvalue weighted by Gasteiger charge is -2.00. The third kappa shape index (κ3) is 1.96. The van der Waals surface area contributed by atoms with Crippen molar-refractivity contribution < 1.29 is 0 Å². The number of pyridine rings is 1. The molecule has 0 fully saturated rings. The number of hydrogen-bond donors (Lipinski definition) is 0. The Bertz CT molecular complexity index is 225. The molecule has 3 heteroatoms. The summed E-state index contributed by atoms with van der Waals surface area (Å²) in [5, 5.41) is 0.545. The van der Waals surface area contributed by atoms with Crippen LogP contribution < -0.4 is 0 Å². The fraction of sp³-hybridized carbons (Fsp3) is 0.286. The molecule has 10 heavy (non-hydrogen) atoms. The minimum atomic E-state index is 0.270. The molecule has 1 aromatic rings. The zero-order chi connectivity index (χ0) is 7.56. The number of alkyl halides is 1. The number of nitrogens with zero attached hydrogens (tertiary/aromatic N) is 1. The molecule has 1 atom stereocenters. The highest BCUT2D eigenvalue weighted by Crippen LogP contribution is 2.20. The Morgan fingerprint density at radius 3 is 2.70 bits per heavy atom. The summed E-state index contributed by atoms with van der Waals surface area (Å²) in [6, 6.07) is 5.59. The molecule has 0 spiro atoms. The van der Waals surface area contributed by atoms with Gasteiger partial charge in [0.1, 0.15) is 5.15 Å². The Kier molecular flexibility index (Phi) is 2.69. The lowest BCUT2D eigenvalue weighted by atomic mass is 10.3. The van der Waals surface area contributed by atoms with Crippen LogP contribution in [0.4, 0.5) is 0 Å². The maximum atomic E-state index is 5.66. The predicted molar refractivity (Wildman–Crippen MR) is 46.6 cm³/mol. The Morgan fingerprint density at radius 1 is 1.60 bits per heavy atom. The normalized spacial score (nSPS) is 13.1. The first-order valence-electron chi connectivity index (χ1n) is 2.96. The molecule has 1 heterocycles. The lowest BCUT2D eigenvalue weighted by Crippen LogP contribution is -1.87. The molecule has 0 aliphatic carbocycles. The number of halogens is 2. The third-order valence-electron chi connectivity index (χ3n) is 1.14. The summed E-state index contributed by atoms with van der Waals surface area (Å²) in [6.07, 6.45) is 0. The molecule has 0 aliphatic rings. The molecular formula is C7H7BrClN. The smallest absolute Gasteiger partial charge is 0.129 e. The van der Waals surface area contributed by atoms with Crippen molar-refractivity contribution in [1.82, 2.24) is 4.98 Å². The Labute approximate surface area is 73.6 Å². The van der Waals surface area contributed by atoms with E-state index in [1.807, 2.05) is 19.1 Å². The van der Waals surface area contributed by atoms with Gasteiger partial charge in [-0.2, -0.15) is 0 Å². The van der Waals surface area contributed by atoms with Crippen LogP contribution in [0.1, 0.15) is 17.4 Å². The molecule has 1 unspecified atom stereocenters. The van der Waals surface area contributed by atoms with Gasteiger partial charge in [0.15, 0.2) is 0 Å². The standard InChI is InChI=1S/C7H7BrClN/c1-5(8)6-3-2-4-7(9)10-6/h2-5H,1H3. The molecule has 0 saturated heterocycles. The van der Waals surface area contributed by atoms with E-state index in [0.717, 1.165) is 5.69 Å². The van der Waals surface area contributed by atoms with E-state index < -0.39 is 0 Å². The summed E-state index contributed by atoms with van der Waals surface area (Å²) in [5.41, 5.74) is 0.965. The minimum Gasteiger partial charge on any atom is -0.240 e. The molecule has 1 rings (SSSR count). The molecule has 0 aromatic carbocycles. The van der Waals surface area contributed by atoms with Gasteiger partial charge in [-0.15, -0.1) is 0 Å². The van der Waals surface area contributed by atoms with Crippen LogP contribution in [0.3, 0.4) is 0 Å². The monoisotopic (exact) mass is 219 g/mol. The largest absolute Gasteiger partial charge is 0.240 e. The molecule has 0 saturated carbocycles. The van der Waals surface area contributed by atoms with Crippen molar-refractivity contribution in [2.45, 2.75) is 11.8 Å². The summed E-state index contributed by atoms with van der Waals surface area (Å²) < 4.78 is 0. The second-order valence-corrected chi connectivity index (χ2v) is 3.76. The third-order valence-corrected chi connectivity index (χ3v) is 1.82. The van der Waals surface area contributed by atoms with E-state index in [2.05, 4.69) is 20.9 Å². The van der Waals surface area contributed by atoms with Crippen LogP contribution in [0.2, 0.25) is 5.15 Å². The van der Waals surface area contributed by atoms with Gasteiger partial charge in [0, 0.05) is 0 Å². The van der Waals surface area contributed by atoms with Crippen molar-refractivity contribution in [2.24, 2.45) is 0 Å². The zero-order valence-electron chi connectivity index (χ0n) is 5.51. The van der Waals surface area contributed by atoms with Gasteiger partial charge in [0.05, 0.1) is 10.5 Å². The topological polar surface area (TPSA) is 12.9 Å². The quantitative estimate of drug-likeness (QED) is 0.523. The van der Waals surface area contributed by atoms with Gasteiger partial charge in [0.2, 0.25) is 0 Å². The summed E-state index contributed by atoms with van der Waals surface area (Å²) in [5.74, 6) is 0. The minimum absolute atomic E-state index is 0.270. The lowest BCUT2D eigenvalue weighted by molar-refractivity contribution is 1.02. The SMILES string of the molecule is CC(Br)c1cccc(Cl)n1. The van der Waals surface area contributed by atoms with E-state index in [9.17, 15) is 0 Å². The summed E-state index contributed by atoms with van der Waals surface area (Å²) in [4.78, 5) is 4.36. The van der Waals surface area contributed by atoms with E-state index in [1.165, 1.54) is 0 Å². The van der Waals surface area contributed by atoms with Crippen molar-refractivity contribution in [2.75, 3.05) is 0 Å². The molecular weight excluding hydrogens is 213 g/mol. The first-order valence-corrected chi connectivity index (χ1v) is 4.26. The van der Waals surface area contributed by atoms with Gasteiger partial charge >= 0.3 is 0 Å². The summed E-state index contributed by atoms with van der Waals surface area (Å²) in [7, 11) is 0. The molecule has 0 amide bonds. The van der Waals surface area contributed by atoms with Gasteiger partial charge in [-0.1, -0.05) is 33.6 Å². The van der Waals surface area contributed by atoms with Crippen LogP contribution in [0.25, 0.3) is 0 Å². The van der Waals surface area contributed by atoms with E-state index >= 15 is 0 Å². The first kappa shape index (κ1) is 8.02. The fourth-order valence-corrected chi connectivity index (χ4v) is 1.07. The van der Waals surface area contributed by atoms with E-state index in [-0.39, 0.29) is 4.83 Å². The Morgan fingerprint density at radius 2 is 2.30 bits per heavy atom. The predicted octanol–water partition coefficient (Wildman–Crippen LogP) is 3.19. The fourth-order valence-electron chi connectivity index (χ4n) is 0.646. The van der Waals surface area contributed by atoms with E-state index in [1.54, 1.807) is 6.07 Å². The maximum absolute atomic E-state index is 5.66. The van der Waals surface area contributed by atoms with Gasteiger partial charge in [0.25, 0.3) is 0 Å². The van der Waals surface area contributed by atoms with Crippen molar-refractivity contribution >= 4 is 27.5 Å². The van der Waals surface area contributed by atoms with Crippen LogP contribution in [0.5, 0.6) is 0 Å². The molecule has 1 aromatic heterocycles. The second-order valence-electron chi connectivity index (χ2n) is 2.00. The molecule has 0 radical (unpaired) electrons. The maximum Gasteiger partial charge on any atom is 0.129 e. The number of rotatable bonds is 1. The number of aromatic nitrogens is 1.